The van der Waals surface area contributed by atoms with Gasteiger partial charge in [0.15, 0.2) is 0 Å². The molecule has 0 aliphatic rings. The van der Waals surface area contributed by atoms with Gasteiger partial charge in [-0.3, -0.25) is 4.98 Å². The first-order valence-corrected chi connectivity index (χ1v) is 7.51. The van der Waals surface area contributed by atoms with E-state index in [0.717, 1.165) is 16.8 Å². The summed E-state index contributed by atoms with van der Waals surface area (Å²) in [5.41, 5.74) is 3.07. The topological polar surface area (TPSA) is 42.4 Å². The molecular formula is C17H25F2NO2. The lowest BCUT2D eigenvalue weighted by Crippen LogP contribution is -2.13. The lowest BCUT2D eigenvalue weighted by atomic mass is 9.97. The fourth-order valence-corrected chi connectivity index (χ4v) is 2.10. The Morgan fingerprint density at radius 1 is 1.27 bits per heavy atom. The highest BCUT2D eigenvalue weighted by Crippen LogP contribution is 2.35. The molecule has 0 radical (unpaired) electrons. The molecule has 1 rings (SSSR count). The van der Waals surface area contributed by atoms with Gasteiger partial charge in [0.1, 0.15) is 12.4 Å². The minimum absolute atomic E-state index is 0.0482. The second kappa shape index (κ2) is 8.22. The van der Waals surface area contributed by atoms with Crippen LogP contribution in [0.5, 0.6) is 5.75 Å². The van der Waals surface area contributed by atoms with E-state index in [2.05, 4.69) is 4.98 Å². The summed E-state index contributed by atoms with van der Waals surface area (Å²) in [6.45, 7) is 9.02. The van der Waals surface area contributed by atoms with E-state index in [1.54, 1.807) is 6.08 Å². The van der Waals surface area contributed by atoms with Gasteiger partial charge in [-0.25, -0.2) is 8.78 Å². The van der Waals surface area contributed by atoms with Crippen LogP contribution in [0.2, 0.25) is 0 Å². The van der Waals surface area contributed by atoms with Crippen LogP contribution in [0.1, 0.15) is 63.4 Å². The zero-order valence-corrected chi connectivity index (χ0v) is 13.9. The molecule has 0 atom stereocenters. The number of nitrogens with zero attached hydrogens (tertiary/aromatic N) is 1. The molecule has 0 amide bonds. The van der Waals surface area contributed by atoms with E-state index < -0.39 is 13.0 Å². The van der Waals surface area contributed by atoms with Crippen molar-refractivity contribution in [3.8, 4) is 5.75 Å². The van der Waals surface area contributed by atoms with Gasteiger partial charge in [-0.1, -0.05) is 33.8 Å². The number of aromatic nitrogens is 1. The molecule has 124 valence electrons. The van der Waals surface area contributed by atoms with Gasteiger partial charge in [0.05, 0.1) is 12.3 Å². The molecule has 1 N–H and O–H groups in total. The van der Waals surface area contributed by atoms with Gasteiger partial charge in [0.25, 0.3) is 6.43 Å². The van der Waals surface area contributed by atoms with E-state index in [0.29, 0.717) is 11.4 Å². The van der Waals surface area contributed by atoms with Gasteiger partial charge in [-0.15, -0.1) is 0 Å². The summed E-state index contributed by atoms with van der Waals surface area (Å²) in [6, 6.07) is 1.86. The maximum atomic E-state index is 12.5. The molecule has 1 aromatic rings. The highest BCUT2D eigenvalue weighted by Gasteiger charge is 2.20. The molecule has 0 spiro atoms. The maximum absolute atomic E-state index is 12.5. The molecule has 0 saturated carbocycles. The predicted molar refractivity (Wildman–Crippen MR) is 84.7 cm³/mol. The number of allylic oxidation sites excluding steroid dienone is 1. The summed E-state index contributed by atoms with van der Waals surface area (Å²) in [4.78, 5) is 4.59. The number of hydrogen-bond donors (Lipinski definition) is 1. The number of aliphatic hydroxyl groups is 1. The monoisotopic (exact) mass is 313 g/mol. The number of pyridine rings is 1. The molecule has 0 bridgehead atoms. The highest BCUT2D eigenvalue weighted by molar-refractivity contribution is 5.70. The Hall–Kier alpha value is -1.49. The number of halogens is 2. The molecule has 0 aliphatic carbocycles. The molecule has 0 saturated heterocycles. The van der Waals surface area contributed by atoms with E-state index in [1.165, 1.54) is 0 Å². The third kappa shape index (κ3) is 4.77. The molecule has 22 heavy (non-hydrogen) atoms. The number of rotatable bonds is 7. The van der Waals surface area contributed by atoms with Gasteiger partial charge in [0, 0.05) is 11.3 Å². The minimum atomic E-state index is -2.54. The van der Waals surface area contributed by atoms with E-state index in [9.17, 15) is 8.78 Å². The lowest BCUT2D eigenvalue weighted by molar-refractivity contribution is 0.0808. The van der Waals surface area contributed by atoms with Crippen LogP contribution in [0.15, 0.2) is 12.1 Å². The van der Waals surface area contributed by atoms with E-state index in [1.807, 2.05) is 40.7 Å². The van der Waals surface area contributed by atoms with Crippen molar-refractivity contribution in [2.75, 3.05) is 13.2 Å². The smallest absolute Gasteiger partial charge is 0.272 e. The van der Waals surface area contributed by atoms with Crippen LogP contribution in [-0.4, -0.2) is 29.7 Å². The molecule has 0 aliphatic heterocycles. The summed E-state index contributed by atoms with van der Waals surface area (Å²) in [5.74, 6) is 0.649. The van der Waals surface area contributed by atoms with Crippen LogP contribution in [0.4, 0.5) is 8.78 Å². The van der Waals surface area contributed by atoms with Crippen molar-refractivity contribution in [1.29, 1.82) is 0 Å². The Morgan fingerprint density at radius 2 is 1.91 bits per heavy atom. The van der Waals surface area contributed by atoms with E-state index >= 15 is 0 Å². The van der Waals surface area contributed by atoms with Crippen LogP contribution >= 0.6 is 0 Å². The average molecular weight is 313 g/mol. The number of hydrogen-bond acceptors (Lipinski definition) is 3. The van der Waals surface area contributed by atoms with Crippen molar-refractivity contribution in [1.82, 2.24) is 4.98 Å². The highest BCUT2D eigenvalue weighted by atomic mass is 19.3. The van der Waals surface area contributed by atoms with Crippen molar-refractivity contribution < 1.29 is 18.6 Å². The third-order valence-corrected chi connectivity index (χ3v) is 3.33. The second-order valence-corrected chi connectivity index (χ2v) is 5.89. The van der Waals surface area contributed by atoms with Gasteiger partial charge < -0.3 is 9.84 Å². The first-order chi connectivity index (χ1) is 10.3. The Morgan fingerprint density at radius 3 is 2.36 bits per heavy atom. The first kappa shape index (κ1) is 18.6. The van der Waals surface area contributed by atoms with Gasteiger partial charge >= 0.3 is 0 Å². The Kier molecular flexibility index (Phi) is 6.94. The molecule has 1 aromatic heterocycles. The summed E-state index contributed by atoms with van der Waals surface area (Å²) >= 11 is 0. The van der Waals surface area contributed by atoms with E-state index in [-0.39, 0.29) is 18.4 Å². The van der Waals surface area contributed by atoms with Gasteiger partial charge in [0.2, 0.25) is 0 Å². The lowest BCUT2D eigenvalue weighted by Gasteiger charge is -2.20. The van der Waals surface area contributed by atoms with Crippen LogP contribution in [0, 0.1) is 0 Å². The maximum Gasteiger partial charge on any atom is 0.272 e. The molecule has 1 heterocycles. The Balaban J connectivity index is 3.48. The summed E-state index contributed by atoms with van der Waals surface area (Å²) < 4.78 is 30.4. The second-order valence-electron chi connectivity index (χ2n) is 5.89. The summed E-state index contributed by atoms with van der Waals surface area (Å²) in [7, 11) is 0. The van der Waals surface area contributed by atoms with Crippen molar-refractivity contribution >= 4 is 5.57 Å². The van der Waals surface area contributed by atoms with Crippen LogP contribution in [0.3, 0.4) is 0 Å². The van der Waals surface area contributed by atoms with Crippen molar-refractivity contribution in [2.45, 2.75) is 52.9 Å². The fraction of sp³-hybridized carbons (Fsp3) is 0.588. The van der Waals surface area contributed by atoms with Gasteiger partial charge in [-0.2, -0.15) is 0 Å². The number of alkyl halides is 2. The number of ether oxygens (including phenoxy) is 1. The zero-order valence-electron chi connectivity index (χ0n) is 13.9. The van der Waals surface area contributed by atoms with Crippen molar-refractivity contribution in [3.05, 3.63) is 29.1 Å². The van der Waals surface area contributed by atoms with Gasteiger partial charge in [-0.05, 0) is 30.4 Å². The Bertz CT molecular complexity index is 526. The standard InChI is InChI=1S/C17H25F2NO2/c1-10(2)14-8-13(12(5)6-7-21)17(22-9-15(18)19)16(20-14)11(3)4/h6,8,10-11,15,21H,7,9H2,1-5H3. The SMILES string of the molecule is CC(=CCO)c1cc(C(C)C)nc(C(C)C)c1OCC(F)F. The first-order valence-electron chi connectivity index (χ1n) is 7.51. The molecule has 3 nitrogen and oxygen atoms in total. The Labute approximate surface area is 131 Å². The minimum Gasteiger partial charge on any atom is -0.485 e. The van der Waals surface area contributed by atoms with Crippen LogP contribution < -0.4 is 4.74 Å². The molecular weight excluding hydrogens is 288 g/mol. The largest absolute Gasteiger partial charge is 0.485 e. The molecule has 0 fully saturated rings. The summed E-state index contributed by atoms with van der Waals surface area (Å²) in [5, 5.41) is 9.11. The quantitative estimate of drug-likeness (QED) is 0.813. The average Bonchev–Trinajstić information content (AvgIpc) is 2.43. The fourth-order valence-electron chi connectivity index (χ4n) is 2.10. The zero-order chi connectivity index (χ0) is 16.9. The molecule has 0 unspecified atom stereocenters. The summed E-state index contributed by atoms with van der Waals surface area (Å²) in [6.07, 6.45) is -0.904. The van der Waals surface area contributed by atoms with Crippen molar-refractivity contribution in [3.63, 3.8) is 0 Å². The predicted octanol–water partition coefficient (Wildman–Crippen LogP) is 4.37. The molecule has 0 aromatic carbocycles. The molecule has 5 heteroatoms. The van der Waals surface area contributed by atoms with Crippen molar-refractivity contribution in [2.24, 2.45) is 0 Å². The number of aliphatic hydroxyl groups excluding tert-OH is 1. The van der Waals surface area contributed by atoms with Crippen LogP contribution in [0.25, 0.3) is 5.57 Å². The van der Waals surface area contributed by atoms with E-state index in [4.69, 9.17) is 9.84 Å². The van der Waals surface area contributed by atoms with Crippen LogP contribution in [-0.2, 0) is 0 Å². The third-order valence-electron chi connectivity index (χ3n) is 3.33. The normalized spacial score (nSPS) is 12.6.